The molecule has 5 nitrogen and oxygen atoms in total. The fourth-order valence-electron chi connectivity index (χ4n) is 3.05. The smallest absolute Gasteiger partial charge is 0.261 e. The zero-order valence-corrected chi connectivity index (χ0v) is 17.8. The van der Waals surface area contributed by atoms with Gasteiger partial charge in [0, 0.05) is 24.6 Å². The first-order valence-corrected chi connectivity index (χ1v) is 9.88. The Morgan fingerprint density at radius 1 is 1.10 bits per heavy atom. The molecule has 5 heteroatoms. The van der Waals surface area contributed by atoms with Crippen molar-refractivity contribution in [3.05, 3.63) is 77.9 Å². The molecule has 0 aliphatic rings. The summed E-state index contributed by atoms with van der Waals surface area (Å²) < 4.78 is 7.81. The molecule has 152 valence electrons. The van der Waals surface area contributed by atoms with Crippen LogP contribution >= 0.6 is 0 Å². The van der Waals surface area contributed by atoms with Crippen molar-refractivity contribution < 1.29 is 9.53 Å². The third-order valence-electron chi connectivity index (χ3n) is 4.91. The van der Waals surface area contributed by atoms with Crippen molar-refractivity contribution in [2.24, 2.45) is 0 Å². The number of carbonyl (C=O) groups excluding carboxylic acids is 1. The van der Waals surface area contributed by atoms with Crippen LogP contribution in [0.3, 0.4) is 0 Å². The molecule has 0 saturated carbocycles. The summed E-state index contributed by atoms with van der Waals surface area (Å²) in [6.07, 6.45) is 3.14. The van der Waals surface area contributed by atoms with E-state index >= 15 is 0 Å². The Morgan fingerprint density at radius 2 is 1.76 bits per heavy atom. The monoisotopic (exact) mass is 391 g/mol. The fraction of sp³-hybridized carbons (Fsp3) is 0.333. The SMILES string of the molecule is Cc1nccn1-c1ccc(CNC(=O)[C@@H](C)Oc2ccc(C(C)(C)C)cc2)cc1. The third-order valence-corrected chi connectivity index (χ3v) is 4.91. The molecular weight excluding hydrogens is 362 g/mol. The van der Waals surface area contributed by atoms with E-state index in [2.05, 4.69) is 31.1 Å². The number of hydrogen-bond donors (Lipinski definition) is 1. The van der Waals surface area contributed by atoms with Gasteiger partial charge in [-0.2, -0.15) is 0 Å². The molecular formula is C24H29N3O2. The second kappa shape index (κ2) is 8.52. The summed E-state index contributed by atoms with van der Waals surface area (Å²) in [6.45, 7) is 10.7. The van der Waals surface area contributed by atoms with Gasteiger partial charge >= 0.3 is 0 Å². The summed E-state index contributed by atoms with van der Waals surface area (Å²) in [5.41, 5.74) is 3.40. The highest BCUT2D eigenvalue weighted by Gasteiger charge is 2.16. The normalized spacial score (nSPS) is 12.4. The number of aryl methyl sites for hydroxylation is 1. The van der Waals surface area contributed by atoms with Crippen LogP contribution in [0.5, 0.6) is 5.75 Å². The largest absolute Gasteiger partial charge is 0.481 e. The lowest BCUT2D eigenvalue weighted by atomic mass is 9.87. The van der Waals surface area contributed by atoms with Crippen molar-refractivity contribution in [3.63, 3.8) is 0 Å². The molecule has 0 unspecified atom stereocenters. The van der Waals surface area contributed by atoms with E-state index in [-0.39, 0.29) is 11.3 Å². The van der Waals surface area contributed by atoms with E-state index in [1.807, 2.05) is 66.2 Å². The van der Waals surface area contributed by atoms with Gasteiger partial charge in [0.05, 0.1) is 0 Å². The quantitative estimate of drug-likeness (QED) is 0.670. The van der Waals surface area contributed by atoms with Gasteiger partial charge < -0.3 is 14.6 Å². The molecule has 29 heavy (non-hydrogen) atoms. The number of aromatic nitrogens is 2. The highest BCUT2D eigenvalue weighted by molar-refractivity contribution is 5.80. The third kappa shape index (κ3) is 5.25. The van der Waals surface area contributed by atoms with Gasteiger partial charge in [0.1, 0.15) is 11.6 Å². The minimum atomic E-state index is -0.566. The molecule has 1 amide bonds. The fourth-order valence-corrected chi connectivity index (χ4v) is 3.05. The van der Waals surface area contributed by atoms with Crippen LogP contribution in [0.25, 0.3) is 5.69 Å². The number of amides is 1. The minimum Gasteiger partial charge on any atom is -0.481 e. The average Bonchev–Trinajstić information content (AvgIpc) is 3.12. The highest BCUT2D eigenvalue weighted by Crippen LogP contribution is 2.24. The molecule has 0 radical (unpaired) electrons. The Labute approximate surface area is 172 Å². The lowest BCUT2D eigenvalue weighted by molar-refractivity contribution is -0.127. The van der Waals surface area contributed by atoms with Gasteiger partial charge in [0.15, 0.2) is 6.10 Å². The number of nitrogens with zero attached hydrogens (tertiary/aromatic N) is 2. The minimum absolute atomic E-state index is 0.0909. The zero-order valence-electron chi connectivity index (χ0n) is 17.8. The summed E-state index contributed by atoms with van der Waals surface area (Å²) >= 11 is 0. The van der Waals surface area contributed by atoms with Crippen LogP contribution < -0.4 is 10.1 Å². The zero-order chi connectivity index (χ0) is 21.0. The van der Waals surface area contributed by atoms with Crippen LogP contribution in [0.4, 0.5) is 0 Å². The van der Waals surface area contributed by atoms with E-state index in [4.69, 9.17) is 4.74 Å². The van der Waals surface area contributed by atoms with Crippen LogP contribution in [-0.4, -0.2) is 21.6 Å². The first kappa shape index (κ1) is 20.6. The molecule has 0 fully saturated rings. The van der Waals surface area contributed by atoms with Crippen molar-refractivity contribution in [3.8, 4) is 11.4 Å². The Morgan fingerprint density at radius 3 is 2.31 bits per heavy atom. The second-order valence-corrected chi connectivity index (χ2v) is 8.26. The number of carbonyl (C=O) groups is 1. The topological polar surface area (TPSA) is 56.2 Å². The summed E-state index contributed by atoms with van der Waals surface area (Å²) in [5, 5.41) is 2.94. The maximum Gasteiger partial charge on any atom is 0.261 e. The average molecular weight is 392 g/mol. The van der Waals surface area contributed by atoms with Crippen LogP contribution in [0.15, 0.2) is 60.9 Å². The van der Waals surface area contributed by atoms with Gasteiger partial charge in [-0.05, 0) is 54.7 Å². The predicted octanol–water partition coefficient (Wildman–Crippen LogP) is 4.56. The van der Waals surface area contributed by atoms with Crippen LogP contribution in [0.1, 0.15) is 44.6 Å². The molecule has 0 saturated heterocycles. The van der Waals surface area contributed by atoms with Gasteiger partial charge in [0.2, 0.25) is 0 Å². The maximum absolute atomic E-state index is 12.4. The molecule has 0 aliphatic heterocycles. The number of hydrogen-bond acceptors (Lipinski definition) is 3. The van der Waals surface area contributed by atoms with E-state index < -0.39 is 6.10 Å². The van der Waals surface area contributed by atoms with Gasteiger partial charge in [-0.3, -0.25) is 4.79 Å². The summed E-state index contributed by atoms with van der Waals surface area (Å²) in [7, 11) is 0. The van der Waals surface area contributed by atoms with Gasteiger partial charge in [-0.15, -0.1) is 0 Å². The molecule has 3 aromatic rings. The van der Waals surface area contributed by atoms with Crippen LogP contribution in [-0.2, 0) is 16.8 Å². The summed E-state index contributed by atoms with van der Waals surface area (Å²) in [4.78, 5) is 16.6. The Kier molecular flexibility index (Phi) is 6.06. The lowest BCUT2D eigenvalue weighted by Crippen LogP contribution is -2.35. The van der Waals surface area contributed by atoms with Gasteiger partial charge in [0.25, 0.3) is 5.91 Å². The number of imidazole rings is 1. The molecule has 0 aliphatic carbocycles. The molecule has 1 aromatic heterocycles. The number of benzene rings is 2. The molecule has 1 heterocycles. The Balaban J connectivity index is 1.53. The maximum atomic E-state index is 12.4. The molecule has 0 bridgehead atoms. The van der Waals surface area contributed by atoms with Crippen LogP contribution in [0.2, 0.25) is 0 Å². The van der Waals surface area contributed by atoms with Crippen molar-refractivity contribution in [1.82, 2.24) is 14.9 Å². The summed E-state index contributed by atoms with van der Waals surface area (Å²) in [6, 6.07) is 16.0. The van der Waals surface area contributed by atoms with Crippen LogP contribution in [0, 0.1) is 6.92 Å². The van der Waals surface area contributed by atoms with Crippen molar-refractivity contribution >= 4 is 5.91 Å². The Bertz CT molecular complexity index is 951. The van der Waals surface area contributed by atoms with E-state index in [0.717, 1.165) is 17.1 Å². The molecule has 3 rings (SSSR count). The summed E-state index contributed by atoms with van der Waals surface area (Å²) in [5.74, 6) is 1.49. The number of nitrogens with one attached hydrogen (secondary N) is 1. The van der Waals surface area contributed by atoms with E-state index in [1.54, 1.807) is 13.1 Å². The van der Waals surface area contributed by atoms with E-state index in [1.165, 1.54) is 5.56 Å². The number of ether oxygens (including phenoxy) is 1. The molecule has 1 atom stereocenters. The van der Waals surface area contributed by atoms with Gasteiger partial charge in [-0.1, -0.05) is 45.0 Å². The van der Waals surface area contributed by atoms with Gasteiger partial charge in [-0.25, -0.2) is 4.98 Å². The van der Waals surface area contributed by atoms with E-state index in [9.17, 15) is 4.79 Å². The van der Waals surface area contributed by atoms with Crippen molar-refractivity contribution in [2.45, 2.75) is 52.7 Å². The first-order chi connectivity index (χ1) is 13.7. The molecule has 1 N–H and O–H groups in total. The lowest BCUT2D eigenvalue weighted by Gasteiger charge is -2.20. The molecule has 0 spiro atoms. The first-order valence-electron chi connectivity index (χ1n) is 9.88. The van der Waals surface area contributed by atoms with E-state index in [0.29, 0.717) is 12.3 Å². The highest BCUT2D eigenvalue weighted by atomic mass is 16.5. The van der Waals surface area contributed by atoms with Crippen molar-refractivity contribution in [2.75, 3.05) is 0 Å². The predicted molar refractivity (Wildman–Crippen MR) is 115 cm³/mol. The second-order valence-electron chi connectivity index (χ2n) is 8.26. The Hall–Kier alpha value is -3.08. The van der Waals surface area contributed by atoms with Crippen molar-refractivity contribution in [1.29, 1.82) is 0 Å². The molecule has 2 aromatic carbocycles. The standard InChI is InChI=1S/C24H29N3O2/c1-17(29-22-12-8-20(9-13-22)24(3,4)5)23(28)26-16-19-6-10-21(11-7-19)27-15-14-25-18(27)2/h6-15,17H,16H2,1-5H3,(H,26,28)/t17-/m1/s1. The number of rotatable bonds is 6.